The van der Waals surface area contributed by atoms with Crippen LogP contribution in [-0.4, -0.2) is 54.1 Å². The number of carbonyl (C=O) groups is 2. The average Bonchev–Trinajstić information content (AvgIpc) is 3.51. The summed E-state index contributed by atoms with van der Waals surface area (Å²) < 4.78 is 1.52. The second-order valence-corrected chi connectivity index (χ2v) is 11.7. The SMILES string of the molecule is Cc1cc(-c2ccn3nc(N)c(C(=O)N[C@H]4C[C@H](C(C)(C)O)C4)c3n2)cc2c1C(=O)N([C@@H](C)C1CC1)C2. The van der Waals surface area contributed by atoms with E-state index in [0.29, 0.717) is 23.8 Å². The van der Waals surface area contributed by atoms with Gasteiger partial charge in [0.25, 0.3) is 11.8 Å². The molecule has 2 amide bonds. The van der Waals surface area contributed by atoms with Gasteiger partial charge in [-0.2, -0.15) is 0 Å². The molecule has 0 radical (unpaired) electrons. The molecule has 0 unspecified atom stereocenters. The molecule has 1 aliphatic heterocycles. The first-order chi connectivity index (χ1) is 17.5. The van der Waals surface area contributed by atoms with E-state index in [0.717, 1.165) is 35.1 Å². The van der Waals surface area contributed by atoms with Crippen LogP contribution in [-0.2, 0) is 6.54 Å². The fraction of sp³-hybridized carbons (Fsp3) is 0.500. The smallest absolute Gasteiger partial charge is 0.259 e. The van der Waals surface area contributed by atoms with Gasteiger partial charge in [0.2, 0.25) is 0 Å². The number of hydrogen-bond donors (Lipinski definition) is 3. The number of amides is 2. The number of carbonyl (C=O) groups excluding carboxylic acids is 2. The van der Waals surface area contributed by atoms with Crippen LogP contribution < -0.4 is 11.1 Å². The summed E-state index contributed by atoms with van der Waals surface area (Å²) in [5, 5.41) is 17.5. The lowest BCUT2D eigenvalue weighted by Crippen LogP contribution is -2.51. The summed E-state index contributed by atoms with van der Waals surface area (Å²) in [6, 6.07) is 6.12. The van der Waals surface area contributed by atoms with Crippen LogP contribution in [0.25, 0.3) is 16.9 Å². The Labute approximate surface area is 216 Å². The molecule has 3 heterocycles. The lowest BCUT2D eigenvalue weighted by atomic mass is 9.71. The Hall–Kier alpha value is -3.46. The molecular weight excluding hydrogens is 468 g/mol. The van der Waals surface area contributed by atoms with Crippen molar-refractivity contribution in [3.05, 3.63) is 46.6 Å². The molecule has 2 aliphatic carbocycles. The molecule has 2 saturated carbocycles. The van der Waals surface area contributed by atoms with Gasteiger partial charge in [-0.05, 0) is 94.5 Å². The molecule has 3 aromatic rings. The number of nitrogen functional groups attached to an aromatic ring is 1. The minimum atomic E-state index is -0.757. The lowest BCUT2D eigenvalue weighted by Gasteiger charge is -2.42. The number of nitrogens with two attached hydrogens (primary N) is 1. The van der Waals surface area contributed by atoms with Gasteiger partial charge in [0.1, 0.15) is 5.56 Å². The Bertz CT molecular complexity index is 1430. The third-order valence-corrected chi connectivity index (χ3v) is 8.54. The number of nitrogens with one attached hydrogen (secondary N) is 1. The number of nitrogens with zero attached hydrogens (tertiary/aromatic N) is 4. The number of benzene rings is 1. The zero-order valence-electron chi connectivity index (χ0n) is 21.8. The van der Waals surface area contributed by atoms with Gasteiger partial charge in [0, 0.05) is 36.0 Å². The number of hydrogen-bond acceptors (Lipinski definition) is 6. The van der Waals surface area contributed by atoms with Gasteiger partial charge in [-0.25, -0.2) is 9.50 Å². The molecule has 6 rings (SSSR count). The normalized spacial score (nSPS) is 22.2. The van der Waals surface area contributed by atoms with E-state index >= 15 is 0 Å². The highest BCUT2D eigenvalue weighted by molar-refractivity contribution is 6.04. The molecule has 2 fully saturated rings. The van der Waals surface area contributed by atoms with Gasteiger partial charge in [0.05, 0.1) is 11.3 Å². The second-order valence-electron chi connectivity index (χ2n) is 11.7. The summed E-state index contributed by atoms with van der Waals surface area (Å²) >= 11 is 0. The predicted octanol–water partition coefficient (Wildman–Crippen LogP) is 3.32. The van der Waals surface area contributed by atoms with Crippen LogP contribution in [0.3, 0.4) is 0 Å². The van der Waals surface area contributed by atoms with Gasteiger partial charge >= 0.3 is 0 Å². The van der Waals surface area contributed by atoms with E-state index in [-0.39, 0.29) is 41.2 Å². The van der Waals surface area contributed by atoms with E-state index in [1.54, 1.807) is 20.0 Å². The summed E-state index contributed by atoms with van der Waals surface area (Å²) in [6.45, 7) is 8.33. The summed E-state index contributed by atoms with van der Waals surface area (Å²) in [4.78, 5) is 33.1. The van der Waals surface area contributed by atoms with Crippen molar-refractivity contribution in [2.24, 2.45) is 11.8 Å². The minimum absolute atomic E-state index is 0.0145. The molecule has 0 spiro atoms. The van der Waals surface area contributed by atoms with Crippen molar-refractivity contribution in [3.8, 4) is 11.3 Å². The third kappa shape index (κ3) is 4.05. The van der Waals surface area contributed by atoms with E-state index in [4.69, 9.17) is 10.7 Å². The van der Waals surface area contributed by atoms with Crippen LogP contribution in [0.2, 0.25) is 0 Å². The van der Waals surface area contributed by atoms with Crippen LogP contribution >= 0.6 is 0 Å². The van der Waals surface area contributed by atoms with Crippen molar-refractivity contribution in [1.82, 2.24) is 24.8 Å². The lowest BCUT2D eigenvalue weighted by molar-refractivity contribution is -0.0309. The third-order valence-electron chi connectivity index (χ3n) is 8.54. The van der Waals surface area contributed by atoms with E-state index in [1.165, 1.54) is 17.4 Å². The zero-order chi connectivity index (χ0) is 26.2. The van der Waals surface area contributed by atoms with Crippen LogP contribution in [0.1, 0.15) is 78.3 Å². The van der Waals surface area contributed by atoms with Crippen LogP contribution in [0.15, 0.2) is 24.4 Å². The maximum Gasteiger partial charge on any atom is 0.259 e. The Morgan fingerprint density at radius 1 is 1.27 bits per heavy atom. The summed E-state index contributed by atoms with van der Waals surface area (Å²) in [5.41, 5.74) is 10.4. The van der Waals surface area contributed by atoms with Crippen molar-refractivity contribution in [2.45, 2.75) is 77.6 Å². The fourth-order valence-corrected chi connectivity index (χ4v) is 5.89. The molecular formula is C28H34N6O3. The van der Waals surface area contributed by atoms with E-state index in [9.17, 15) is 14.7 Å². The predicted molar refractivity (Wildman–Crippen MR) is 140 cm³/mol. The van der Waals surface area contributed by atoms with Crippen molar-refractivity contribution in [1.29, 1.82) is 0 Å². The number of aromatic nitrogens is 3. The molecule has 9 heteroatoms. The molecule has 1 atom stereocenters. The Kier molecular flexibility index (Phi) is 5.35. The highest BCUT2D eigenvalue weighted by Crippen LogP contribution is 2.40. The number of fused-ring (bicyclic) bond motifs is 2. The second kappa shape index (κ2) is 8.28. The number of rotatable bonds is 6. The highest BCUT2D eigenvalue weighted by Gasteiger charge is 2.41. The first kappa shape index (κ1) is 23.9. The molecule has 9 nitrogen and oxygen atoms in total. The summed E-state index contributed by atoms with van der Waals surface area (Å²) in [7, 11) is 0. The topological polar surface area (TPSA) is 126 Å². The van der Waals surface area contributed by atoms with Gasteiger partial charge in [-0.3, -0.25) is 9.59 Å². The highest BCUT2D eigenvalue weighted by atomic mass is 16.3. The summed E-state index contributed by atoms with van der Waals surface area (Å²) in [6.07, 6.45) is 5.59. The van der Waals surface area contributed by atoms with Gasteiger partial charge < -0.3 is 21.1 Å². The molecule has 2 aromatic heterocycles. The van der Waals surface area contributed by atoms with Crippen molar-refractivity contribution in [2.75, 3.05) is 5.73 Å². The van der Waals surface area contributed by atoms with Crippen LogP contribution in [0.4, 0.5) is 5.82 Å². The van der Waals surface area contributed by atoms with Gasteiger partial charge in [-0.1, -0.05) is 0 Å². The summed E-state index contributed by atoms with van der Waals surface area (Å²) in [5.74, 6) is 0.701. The first-order valence-corrected chi connectivity index (χ1v) is 13.1. The average molecular weight is 503 g/mol. The standard InChI is InChI=1S/C28H34N6O3/c1-14-9-17(10-18-13-33(27(36)22(14)18)15(2)16-5-6-16)21-7-8-34-25(31-21)23(24(29)32-34)26(35)30-20-11-19(12-20)28(3,4)37/h7-10,15-16,19-20,37H,5-6,11-13H2,1-4H3,(H2,29,32)(H,30,35)/t15-,19-,20-/m0/s1. The largest absolute Gasteiger partial charge is 0.390 e. The maximum absolute atomic E-state index is 13.2. The van der Waals surface area contributed by atoms with Crippen LogP contribution in [0.5, 0.6) is 0 Å². The quantitative estimate of drug-likeness (QED) is 0.475. The van der Waals surface area contributed by atoms with Crippen LogP contribution in [0, 0.1) is 18.8 Å². The van der Waals surface area contributed by atoms with E-state index in [1.807, 2.05) is 30.0 Å². The van der Waals surface area contributed by atoms with Gasteiger partial charge in [0.15, 0.2) is 11.5 Å². The fourth-order valence-electron chi connectivity index (χ4n) is 5.89. The molecule has 37 heavy (non-hydrogen) atoms. The van der Waals surface area contributed by atoms with Crippen molar-refractivity contribution in [3.63, 3.8) is 0 Å². The minimum Gasteiger partial charge on any atom is -0.390 e. The number of aliphatic hydroxyl groups is 1. The number of aryl methyl sites for hydroxylation is 1. The number of anilines is 1. The molecule has 194 valence electrons. The molecule has 4 N–H and O–H groups in total. The van der Waals surface area contributed by atoms with E-state index < -0.39 is 5.60 Å². The maximum atomic E-state index is 13.2. The monoisotopic (exact) mass is 502 g/mol. The molecule has 0 saturated heterocycles. The Balaban J connectivity index is 1.28. The molecule has 1 aromatic carbocycles. The zero-order valence-corrected chi connectivity index (χ0v) is 21.8. The Morgan fingerprint density at radius 2 is 2.00 bits per heavy atom. The van der Waals surface area contributed by atoms with Crippen molar-refractivity contribution < 1.29 is 14.7 Å². The molecule has 0 bridgehead atoms. The van der Waals surface area contributed by atoms with Gasteiger partial charge in [-0.15, -0.1) is 5.10 Å². The molecule has 3 aliphatic rings. The van der Waals surface area contributed by atoms with E-state index in [2.05, 4.69) is 17.3 Å². The van der Waals surface area contributed by atoms with Crippen molar-refractivity contribution >= 4 is 23.3 Å². The first-order valence-electron chi connectivity index (χ1n) is 13.1. The Morgan fingerprint density at radius 3 is 2.68 bits per heavy atom.